The fourth-order valence-corrected chi connectivity index (χ4v) is 3.22. The zero-order valence-corrected chi connectivity index (χ0v) is 14.9. The van der Waals surface area contributed by atoms with Gasteiger partial charge in [-0.15, -0.1) is 0 Å². The molecule has 0 unspecified atom stereocenters. The number of methoxy groups -OCH3 is 1. The van der Waals surface area contributed by atoms with E-state index >= 15 is 0 Å². The molecule has 1 aliphatic rings. The van der Waals surface area contributed by atoms with E-state index < -0.39 is 0 Å². The highest BCUT2D eigenvalue weighted by Crippen LogP contribution is 2.34. The number of rotatable bonds is 3. The molecule has 0 fully saturated rings. The summed E-state index contributed by atoms with van der Waals surface area (Å²) in [5, 5.41) is 7.57. The second-order valence-electron chi connectivity index (χ2n) is 5.58. The molecular weight excluding hydrogens is 387 g/mol. The van der Waals surface area contributed by atoms with Gasteiger partial charge in [0.2, 0.25) is 5.95 Å². The Balaban J connectivity index is 1.81. The van der Waals surface area contributed by atoms with Crippen molar-refractivity contribution in [2.75, 3.05) is 12.4 Å². The first-order valence-corrected chi connectivity index (χ1v) is 8.43. The number of hydrogen-bond acceptors (Lipinski definition) is 4. The van der Waals surface area contributed by atoms with Crippen molar-refractivity contribution in [2.45, 2.75) is 6.04 Å². The third-order valence-electron chi connectivity index (χ3n) is 4.07. The zero-order valence-electron chi connectivity index (χ0n) is 13.3. The summed E-state index contributed by atoms with van der Waals surface area (Å²) in [4.78, 5) is 4.27. The minimum Gasteiger partial charge on any atom is -0.497 e. The van der Waals surface area contributed by atoms with Crippen LogP contribution in [0.15, 0.2) is 59.3 Å². The van der Waals surface area contributed by atoms with Crippen LogP contribution in [0.1, 0.15) is 17.2 Å². The maximum Gasteiger partial charge on any atom is 0.226 e. The Morgan fingerprint density at radius 2 is 2.12 bits per heavy atom. The smallest absolute Gasteiger partial charge is 0.226 e. The van der Waals surface area contributed by atoms with Crippen LogP contribution >= 0.6 is 15.9 Å². The van der Waals surface area contributed by atoms with Gasteiger partial charge in [-0.05, 0) is 51.8 Å². The Bertz CT molecular complexity index is 969. The van der Waals surface area contributed by atoms with Crippen LogP contribution in [0.25, 0.3) is 5.70 Å². The van der Waals surface area contributed by atoms with Crippen LogP contribution in [-0.4, -0.2) is 21.9 Å². The predicted octanol–water partition coefficient (Wildman–Crippen LogP) is 4.24. The minimum absolute atomic E-state index is 0.197. The van der Waals surface area contributed by atoms with Crippen LogP contribution < -0.4 is 10.1 Å². The van der Waals surface area contributed by atoms with Crippen molar-refractivity contribution in [1.29, 1.82) is 0 Å². The number of halogens is 2. The van der Waals surface area contributed by atoms with Gasteiger partial charge < -0.3 is 10.1 Å². The molecule has 3 aromatic rings. The molecule has 2 heterocycles. The van der Waals surface area contributed by atoms with Crippen LogP contribution in [0, 0.1) is 5.82 Å². The summed E-state index contributed by atoms with van der Waals surface area (Å²) in [6.45, 7) is 0. The van der Waals surface area contributed by atoms with Gasteiger partial charge in [0.15, 0.2) is 0 Å². The molecule has 1 aromatic heterocycles. The van der Waals surface area contributed by atoms with E-state index in [1.807, 2.05) is 30.3 Å². The number of fused-ring (bicyclic) bond motifs is 1. The average Bonchev–Trinajstić information content (AvgIpc) is 3.12. The number of anilines is 1. The van der Waals surface area contributed by atoms with Crippen LogP contribution in [0.4, 0.5) is 10.3 Å². The largest absolute Gasteiger partial charge is 0.497 e. The Morgan fingerprint density at radius 3 is 2.92 bits per heavy atom. The lowest BCUT2D eigenvalue weighted by molar-refractivity contribution is 0.414. The molecule has 0 saturated carbocycles. The molecule has 1 aliphatic heterocycles. The standard InChI is InChI=1S/C18H14BrFN4O/c1-25-13-4-2-3-11(7-13)16-9-17(24-18(23-16)21-10-22-24)12-5-6-15(20)14(19)8-12/h2-10,17H,1H3,(H,21,22,23)/t17-/m1/s1. The molecule has 1 atom stereocenters. The second kappa shape index (κ2) is 6.33. The summed E-state index contributed by atoms with van der Waals surface area (Å²) in [7, 11) is 1.64. The SMILES string of the molecule is COc1cccc(C2=C[C@H](c3ccc(F)c(Br)c3)n3ncnc3N2)c1. The minimum atomic E-state index is -0.298. The van der Waals surface area contributed by atoms with Crippen molar-refractivity contribution < 1.29 is 9.13 Å². The third-order valence-corrected chi connectivity index (χ3v) is 4.68. The van der Waals surface area contributed by atoms with Gasteiger partial charge in [0.25, 0.3) is 0 Å². The maximum absolute atomic E-state index is 13.6. The summed E-state index contributed by atoms with van der Waals surface area (Å²) in [6, 6.07) is 12.5. The number of hydrogen-bond donors (Lipinski definition) is 1. The number of nitrogens with zero attached hydrogens (tertiary/aromatic N) is 3. The fourth-order valence-electron chi connectivity index (χ4n) is 2.83. The summed E-state index contributed by atoms with van der Waals surface area (Å²) < 4.78 is 21.1. The number of benzene rings is 2. The lowest BCUT2D eigenvalue weighted by atomic mass is 10.0. The second-order valence-corrected chi connectivity index (χ2v) is 6.44. The lowest BCUT2D eigenvalue weighted by Crippen LogP contribution is -2.20. The van der Waals surface area contributed by atoms with Crippen molar-refractivity contribution in [3.05, 3.63) is 76.3 Å². The monoisotopic (exact) mass is 400 g/mol. The summed E-state index contributed by atoms with van der Waals surface area (Å²) in [5.74, 6) is 1.10. The number of allylic oxidation sites excluding steroid dienone is 1. The summed E-state index contributed by atoms with van der Waals surface area (Å²) >= 11 is 3.25. The van der Waals surface area contributed by atoms with Gasteiger partial charge in [0, 0.05) is 11.3 Å². The van der Waals surface area contributed by atoms with Gasteiger partial charge in [0.1, 0.15) is 23.9 Å². The van der Waals surface area contributed by atoms with Gasteiger partial charge in [-0.2, -0.15) is 10.1 Å². The molecule has 126 valence electrons. The van der Waals surface area contributed by atoms with E-state index in [-0.39, 0.29) is 11.9 Å². The first kappa shape index (κ1) is 15.8. The molecule has 7 heteroatoms. The van der Waals surface area contributed by atoms with E-state index in [9.17, 15) is 4.39 Å². The predicted molar refractivity (Wildman–Crippen MR) is 96.9 cm³/mol. The molecule has 5 nitrogen and oxygen atoms in total. The van der Waals surface area contributed by atoms with Gasteiger partial charge >= 0.3 is 0 Å². The topological polar surface area (TPSA) is 52.0 Å². The highest BCUT2D eigenvalue weighted by molar-refractivity contribution is 9.10. The average molecular weight is 401 g/mol. The van der Waals surface area contributed by atoms with Crippen molar-refractivity contribution in [3.63, 3.8) is 0 Å². The summed E-state index contributed by atoms with van der Waals surface area (Å²) in [5.41, 5.74) is 2.77. The van der Waals surface area contributed by atoms with Gasteiger partial charge in [-0.1, -0.05) is 18.2 Å². The van der Waals surface area contributed by atoms with E-state index in [4.69, 9.17) is 4.74 Å². The Morgan fingerprint density at radius 1 is 1.24 bits per heavy atom. The fraction of sp³-hybridized carbons (Fsp3) is 0.111. The molecule has 2 aromatic carbocycles. The van der Waals surface area contributed by atoms with E-state index in [0.717, 1.165) is 22.6 Å². The molecule has 0 amide bonds. The quantitative estimate of drug-likeness (QED) is 0.713. The van der Waals surface area contributed by atoms with Crippen LogP contribution in [0.2, 0.25) is 0 Å². The van der Waals surface area contributed by atoms with E-state index in [2.05, 4.69) is 31.3 Å². The first-order chi connectivity index (χ1) is 12.2. The highest BCUT2D eigenvalue weighted by Gasteiger charge is 2.24. The van der Waals surface area contributed by atoms with E-state index in [1.54, 1.807) is 23.9 Å². The zero-order chi connectivity index (χ0) is 17.4. The normalized spacial score (nSPS) is 16.0. The van der Waals surface area contributed by atoms with Crippen molar-refractivity contribution >= 4 is 27.6 Å². The van der Waals surface area contributed by atoms with Gasteiger partial charge in [0.05, 0.1) is 11.6 Å². The molecule has 0 bridgehead atoms. The Labute approximate surface area is 152 Å². The summed E-state index contributed by atoms with van der Waals surface area (Å²) in [6.07, 6.45) is 3.53. The molecule has 0 radical (unpaired) electrons. The van der Waals surface area contributed by atoms with Crippen molar-refractivity contribution in [3.8, 4) is 5.75 Å². The van der Waals surface area contributed by atoms with Crippen molar-refractivity contribution in [1.82, 2.24) is 14.8 Å². The van der Waals surface area contributed by atoms with Gasteiger partial charge in [-0.25, -0.2) is 9.07 Å². The lowest BCUT2D eigenvalue weighted by Gasteiger charge is -2.24. The molecule has 0 aliphatic carbocycles. The molecule has 0 saturated heterocycles. The molecule has 4 rings (SSSR count). The third kappa shape index (κ3) is 2.91. The van der Waals surface area contributed by atoms with Crippen LogP contribution in [0.3, 0.4) is 0 Å². The number of aromatic nitrogens is 3. The highest BCUT2D eigenvalue weighted by atomic mass is 79.9. The molecule has 25 heavy (non-hydrogen) atoms. The van der Waals surface area contributed by atoms with Crippen molar-refractivity contribution in [2.24, 2.45) is 0 Å². The number of ether oxygens (including phenoxy) is 1. The van der Waals surface area contributed by atoms with Gasteiger partial charge in [-0.3, -0.25) is 0 Å². The maximum atomic E-state index is 13.6. The van der Waals surface area contributed by atoms with Crippen LogP contribution in [-0.2, 0) is 0 Å². The number of nitrogens with one attached hydrogen (secondary N) is 1. The Kier molecular flexibility index (Phi) is 4.01. The Hall–Kier alpha value is -2.67. The van der Waals surface area contributed by atoms with E-state index in [1.165, 1.54) is 12.4 Å². The van der Waals surface area contributed by atoms with Crippen LogP contribution in [0.5, 0.6) is 5.75 Å². The molecule has 0 spiro atoms. The van der Waals surface area contributed by atoms with E-state index in [0.29, 0.717) is 10.4 Å². The molecular formula is C18H14BrFN4O. The first-order valence-electron chi connectivity index (χ1n) is 7.63. The molecule has 1 N–H and O–H groups in total.